The molecule has 3 aromatic carbocycles. The fourth-order valence-electron chi connectivity index (χ4n) is 3.81. The van der Waals surface area contributed by atoms with Crippen LogP contribution in [0.15, 0.2) is 94.4 Å². The number of hydrogen-bond donors (Lipinski definition) is 2. The first-order valence-corrected chi connectivity index (χ1v) is 13.4. The minimum atomic E-state index is -4.35. The largest absolute Gasteiger partial charge is 0.493 e. The molecule has 2 amide bonds. The lowest BCUT2D eigenvalue weighted by molar-refractivity contribution is -0.114. The van der Waals surface area contributed by atoms with Crippen LogP contribution in [0.4, 0.5) is 15.8 Å². The molecule has 0 aliphatic heterocycles. The van der Waals surface area contributed by atoms with Crippen molar-refractivity contribution in [3.05, 3.63) is 102 Å². The number of carbonyl (C=O) groups excluding carboxylic acids is 2. The molecule has 0 radical (unpaired) electrons. The second kappa shape index (κ2) is 12.3. The lowest BCUT2D eigenvalue weighted by atomic mass is 10.1. The Bertz CT molecular complexity index is 1590. The van der Waals surface area contributed by atoms with E-state index in [1.807, 2.05) is 0 Å². The normalized spacial score (nSPS) is 11.0. The van der Waals surface area contributed by atoms with Crippen molar-refractivity contribution in [3.8, 4) is 11.5 Å². The smallest absolute Gasteiger partial charge is 0.264 e. The number of para-hydroxylation sites is 1. The van der Waals surface area contributed by atoms with Crippen LogP contribution < -0.4 is 24.4 Å². The third kappa shape index (κ3) is 6.41. The van der Waals surface area contributed by atoms with E-state index in [-0.39, 0.29) is 34.1 Å². The van der Waals surface area contributed by atoms with Gasteiger partial charge in [0.2, 0.25) is 5.91 Å². The van der Waals surface area contributed by atoms with Crippen LogP contribution in [0.25, 0.3) is 0 Å². The Hall–Kier alpha value is -4.84. The van der Waals surface area contributed by atoms with Crippen molar-refractivity contribution >= 4 is 33.2 Å². The number of sulfonamides is 1. The van der Waals surface area contributed by atoms with Crippen molar-refractivity contribution in [2.75, 3.05) is 30.4 Å². The Balaban J connectivity index is 1.60. The molecular formula is C28H26FN3O7S. The van der Waals surface area contributed by atoms with E-state index in [4.69, 9.17) is 13.9 Å². The number of benzene rings is 3. The molecule has 4 aromatic rings. The summed E-state index contributed by atoms with van der Waals surface area (Å²) in [6, 6.07) is 18.4. The molecule has 12 heteroatoms. The molecule has 0 fully saturated rings. The Morgan fingerprint density at radius 3 is 2.33 bits per heavy atom. The van der Waals surface area contributed by atoms with Gasteiger partial charge in [-0.15, -0.1) is 0 Å². The molecule has 0 aliphatic rings. The zero-order valence-electron chi connectivity index (χ0n) is 21.6. The fourth-order valence-corrected chi connectivity index (χ4v) is 5.25. The topological polar surface area (TPSA) is 127 Å². The summed E-state index contributed by atoms with van der Waals surface area (Å²) in [5, 5.41) is 5.32. The maximum atomic E-state index is 13.7. The predicted octanol–water partition coefficient (Wildman–Crippen LogP) is 4.20. The van der Waals surface area contributed by atoms with Crippen LogP contribution in [0.5, 0.6) is 11.5 Å². The molecule has 1 aromatic heterocycles. The molecular weight excluding hydrogens is 541 g/mol. The van der Waals surface area contributed by atoms with E-state index in [1.165, 1.54) is 62.9 Å². The summed E-state index contributed by atoms with van der Waals surface area (Å²) in [5.74, 6) is -0.757. The summed E-state index contributed by atoms with van der Waals surface area (Å²) in [4.78, 5) is 25.8. The molecule has 208 valence electrons. The quantitative estimate of drug-likeness (QED) is 0.278. The molecule has 0 aliphatic carbocycles. The SMILES string of the molecule is COc1ccc(S(=O)(=O)N(CC(=O)Nc2ccccc2C(=O)NCc2ccco2)c2ccc(F)cc2)cc1OC. The Morgan fingerprint density at radius 2 is 1.65 bits per heavy atom. The van der Waals surface area contributed by atoms with Gasteiger partial charge in [-0.05, 0) is 60.7 Å². The summed E-state index contributed by atoms with van der Waals surface area (Å²) < 4.78 is 57.6. The summed E-state index contributed by atoms with van der Waals surface area (Å²) in [7, 11) is -1.57. The van der Waals surface area contributed by atoms with Gasteiger partial charge in [0.05, 0.1) is 48.9 Å². The highest BCUT2D eigenvalue weighted by Crippen LogP contribution is 2.32. The van der Waals surface area contributed by atoms with E-state index in [9.17, 15) is 22.4 Å². The Kier molecular flexibility index (Phi) is 8.70. The van der Waals surface area contributed by atoms with Crippen molar-refractivity contribution in [2.45, 2.75) is 11.4 Å². The predicted molar refractivity (Wildman–Crippen MR) is 145 cm³/mol. The van der Waals surface area contributed by atoms with E-state index < -0.39 is 34.2 Å². The van der Waals surface area contributed by atoms with Crippen molar-refractivity contribution in [1.29, 1.82) is 0 Å². The Labute approximate surface area is 230 Å². The van der Waals surface area contributed by atoms with E-state index in [2.05, 4.69) is 10.6 Å². The summed E-state index contributed by atoms with van der Waals surface area (Å²) in [6.07, 6.45) is 1.48. The van der Waals surface area contributed by atoms with Crippen molar-refractivity contribution in [3.63, 3.8) is 0 Å². The van der Waals surface area contributed by atoms with Crippen LogP contribution in [0, 0.1) is 5.82 Å². The number of anilines is 2. The van der Waals surface area contributed by atoms with E-state index >= 15 is 0 Å². The molecule has 1 heterocycles. The highest BCUT2D eigenvalue weighted by molar-refractivity contribution is 7.92. The molecule has 2 N–H and O–H groups in total. The van der Waals surface area contributed by atoms with Gasteiger partial charge in [0.25, 0.3) is 15.9 Å². The maximum Gasteiger partial charge on any atom is 0.264 e. The number of nitrogens with one attached hydrogen (secondary N) is 2. The molecule has 4 rings (SSSR count). The zero-order valence-corrected chi connectivity index (χ0v) is 22.4. The molecule has 40 heavy (non-hydrogen) atoms. The van der Waals surface area contributed by atoms with Crippen molar-refractivity contribution in [2.24, 2.45) is 0 Å². The number of furan rings is 1. The average molecular weight is 568 g/mol. The van der Waals surface area contributed by atoms with Crippen LogP contribution in [0.2, 0.25) is 0 Å². The summed E-state index contributed by atoms with van der Waals surface area (Å²) >= 11 is 0. The third-order valence-electron chi connectivity index (χ3n) is 5.79. The van der Waals surface area contributed by atoms with E-state index in [0.717, 1.165) is 16.4 Å². The number of halogens is 1. The van der Waals surface area contributed by atoms with Gasteiger partial charge in [-0.3, -0.25) is 13.9 Å². The minimum absolute atomic E-state index is 0.0517. The van der Waals surface area contributed by atoms with Gasteiger partial charge >= 0.3 is 0 Å². The highest BCUT2D eigenvalue weighted by Gasteiger charge is 2.29. The molecule has 0 unspecified atom stereocenters. The maximum absolute atomic E-state index is 13.7. The minimum Gasteiger partial charge on any atom is -0.493 e. The standard InChI is InChI=1S/C28H26FN3O7S/c1-37-25-14-13-22(16-26(25)38-2)40(35,36)32(20-11-9-19(29)10-12-20)18-27(33)31-24-8-4-3-7-23(24)28(34)30-17-21-6-5-15-39-21/h3-16H,17-18H2,1-2H3,(H,30,34)(H,31,33). The van der Waals surface area contributed by atoms with Gasteiger partial charge in [-0.1, -0.05) is 12.1 Å². The van der Waals surface area contributed by atoms with Crippen LogP contribution in [0.1, 0.15) is 16.1 Å². The number of hydrogen-bond acceptors (Lipinski definition) is 7. The van der Waals surface area contributed by atoms with Gasteiger partial charge in [0, 0.05) is 6.07 Å². The highest BCUT2D eigenvalue weighted by atomic mass is 32.2. The lowest BCUT2D eigenvalue weighted by Gasteiger charge is -2.24. The fraction of sp³-hybridized carbons (Fsp3) is 0.143. The molecule has 0 atom stereocenters. The van der Waals surface area contributed by atoms with Gasteiger partial charge in [0.1, 0.15) is 18.1 Å². The van der Waals surface area contributed by atoms with Gasteiger partial charge in [0.15, 0.2) is 11.5 Å². The summed E-state index contributed by atoms with van der Waals surface area (Å²) in [6.45, 7) is -0.541. The number of amides is 2. The van der Waals surface area contributed by atoms with Crippen molar-refractivity contribution in [1.82, 2.24) is 5.32 Å². The first-order valence-electron chi connectivity index (χ1n) is 11.9. The van der Waals surface area contributed by atoms with E-state index in [1.54, 1.807) is 24.3 Å². The molecule has 10 nitrogen and oxygen atoms in total. The van der Waals surface area contributed by atoms with Gasteiger partial charge < -0.3 is 24.5 Å². The van der Waals surface area contributed by atoms with Crippen LogP contribution in [-0.2, 0) is 21.4 Å². The van der Waals surface area contributed by atoms with E-state index in [0.29, 0.717) is 11.5 Å². The van der Waals surface area contributed by atoms with Crippen molar-refractivity contribution < 1.29 is 36.3 Å². The molecule has 0 spiro atoms. The molecule has 0 bridgehead atoms. The van der Waals surface area contributed by atoms with Crippen LogP contribution in [-0.4, -0.2) is 41.0 Å². The Morgan fingerprint density at radius 1 is 0.925 bits per heavy atom. The van der Waals surface area contributed by atoms with Crippen LogP contribution in [0.3, 0.4) is 0 Å². The number of rotatable bonds is 11. The average Bonchev–Trinajstić information content (AvgIpc) is 3.49. The second-order valence-electron chi connectivity index (χ2n) is 8.36. The second-order valence-corrected chi connectivity index (χ2v) is 10.2. The molecule has 0 saturated heterocycles. The number of ether oxygens (including phenoxy) is 2. The number of carbonyl (C=O) groups is 2. The number of methoxy groups -OCH3 is 2. The zero-order chi connectivity index (χ0) is 28.7. The number of nitrogens with zero attached hydrogens (tertiary/aromatic N) is 1. The molecule has 0 saturated carbocycles. The summed E-state index contributed by atoms with van der Waals surface area (Å²) in [5.41, 5.74) is 0.390. The van der Waals surface area contributed by atoms with Gasteiger partial charge in [-0.25, -0.2) is 12.8 Å². The third-order valence-corrected chi connectivity index (χ3v) is 7.56. The van der Waals surface area contributed by atoms with Gasteiger partial charge in [-0.2, -0.15) is 0 Å². The first-order chi connectivity index (χ1) is 19.2. The monoisotopic (exact) mass is 567 g/mol. The first kappa shape index (κ1) is 28.2. The van der Waals surface area contributed by atoms with Crippen LogP contribution >= 0.6 is 0 Å². The lowest BCUT2D eigenvalue weighted by Crippen LogP contribution is -2.38.